The van der Waals surface area contributed by atoms with Gasteiger partial charge in [-0.25, -0.2) is 4.90 Å². The Morgan fingerprint density at radius 2 is 1.67 bits per heavy atom. The highest BCUT2D eigenvalue weighted by atomic mass is 32.2. The van der Waals surface area contributed by atoms with Gasteiger partial charge in [-0.1, -0.05) is 6.07 Å². The van der Waals surface area contributed by atoms with Gasteiger partial charge in [0.1, 0.15) is 0 Å². The molecule has 8 nitrogen and oxygen atoms in total. The normalized spacial score (nSPS) is 16.4. The van der Waals surface area contributed by atoms with E-state index in [1.54, 1.807) is 0 Å². The average molecular weight is 535 g/mol. The molecule has 0 aromatic heterocycles. The van der Waals surface area contributed by atoms with Gasteiger partial charge in [0.05, 0.1) is 32.7 Å². The minimum atomic E-state index is -5.10. The van der Waals surface area contributed by atoms with Crippen LogP contribution in [0, 0.1) is 17.0 Å². The smallest absolute Gasteiger partial charge is 0.325 e. The Hall–Kier alpha value is -3.62. The van der Waals surface area contributed by atoms with Gasteiger partial charge < -0.3 is 5.32 Å². The van der Waals surface area contributed by atoms with E-state index in [-0.39, 0.29) is 23.9 Å². The summed E-state index contributed by atoms with van der Waals surface area (Å²) in [5, 5.41) is 12.0. The number of carbonyl (C=O) groups excluding carboxylic acids is 3. The number of nitrogens with zero attached hydrogens (tertiary/aromatic N) is 2. The number of imide groups is 1. The van der Waals surface area contributed by atoms with Crippen molar-refractivity contribution in [2.45, 2.75) is 30.9 Å². The largest absolute Gasteiger partial charge is 0.416 e. The van der Waals surface area contributed by atoms with Crippen LogP contribution >= 0.6 is 11.8 Å². The molecule has 36 heavy (non-hydrogen) atoms. The molecule has 3 amide bonds. The van der Waals surface area contributed by atoms with Crippen LogP contribution in [0.4, 0.5) is 43.4 Å². The van der Waals surface area contributed by atoms with Crippen molar-refractivity contribution in [1.29, 1.82) is 0 Å². The van der Waals surface area contributed by atoms with E-state index >= 15 is 0 Å². The molecule has 1 fully saturated rings. The number of alkyl halides is 6. The van der Waals surface area contributed by atoms with Crippen LogP contribution in [0.2, 0.25) is 0 Å². The van der Waals surface area contributed by atoms with Crippen LogP contribution in [0.5, 0.6) is 0 Å². The summed E-state index contributed by atoms with van der Waals surface area (Å²) in [6.07, 6.45) is -10.6. The Labute approximate surface area is 202 Å². The Kier molecular flexibility index (Phi) is 7.34. The van der Waals surface area contributed by atoms with Crippen molar-refractivity contribution in [2.75, 3.05) is 16.0 Å². The van der Waals surface area contributed by atoms with E-state index in [1.807, 2.05) is 5.32 Å². The van der Waals surface area contributed by atoms with Crippen LogP contribution in [0.1, 0.15) is 23.1 Å². The van der Waals surface area contributed by atoms with Crippen molar-refractivity contribution < 1.29 is 45.6 Å². The molecule has 0 aliphatic carbocycles. The number of carbonyl (C=O) groups is 3. The summed E-state index contributed by atoms with van der Waals surface area (Å²) < 4.78 is 77.9. The first-order valence-corrected chi connectivity index (χ1v) is 11.0. The fourth-order valence-corrected chi connectivity index (χ4v) is 4.27. The fraction of sp³-hybridized carbons (Fsp3) is 0.286. The lowest BCUT2D eigenvalue weighted by Crippen LogP contribution is -2.31. The Morgan fingerprint density at radius 1 is 1.08 bits per heavy atom. The maximum Gasteiger partial charge on any atom is 0.416 e. The first-order chi connectivity index (χ1) is 16.6. The van der Waals surface area contributed by atoms with E-state index in [4.69, 9.17) is 0 Å². The average Bonchev–Trinajstić information content (AvgIpc) is 3.04. The first kappa shape index (κ1) is 27.0. The third kappa shape index (κ3) is 5.95. The number of thioether (sulfide) groups is 1. The van der Waals surface area contributed by atoms with Gasteiger partial charge in [-0.05, 0) is 31.2 Å². The number of amides is 3. The number of hydrogen-bond acceptors (Lipinski definition) is 6. The van der Waals surface area contributed by atoms with Crippen LogP contribution in [-0.4, -0.2) is 33.6 Å². The molecule has 1 saturated heterocycles. The zero-order chi connectivity index (χ0) is 27.0. The molecule has 1 N–H and O–H groups in total. The molecule has 0 spiro atoms. The standard InChI is InChI=1S/C21H15F6N3O5S/c1-10-2-3-14(7-15(10)30(34)35)29-18(32)8-16(19(29)33)36-9-17(31)28-13-5-11(20(22,23)24)4-12(6-13)21(25,26)27/h2-7,16H,8-9H2,1H3,(H,28,31)/t16-/m0/s1. The minimum Gasteiger partial charge on any atom is -0.325 e. The molecule has 2 aromatic carbocycles. The lowest BCUT2D eigenvalue weighted by molar-refractivity contribution is -0.385. The number of halogens is 6. The van der Waals surface area contributed by atoms with E-state index in [9.17, 15) is 50.8 Å². The zero-order valence-corrected chi connectivity index (χ0v) is 18.9. The zero-order valence-electron chi connectivity index (χ0n) is 18.1. The summed E-state index contributed by atoms with van der Waals surface area (Å²) in [5.74, 6) is -3.03. The summed E-state index contributed by atoms with van der Waals surface area (Å²) in [5.41, 5.74) is -4.03. The number of benzene rings is 2. The maximum absolute atomic E-state index is 13.0. The molecule has 192 valence electrons. The molecule has 0 radical (unpaired) electrons. The van der Waals surface area contributed by atoms with Gasteiger partial charge in [0.15, 0.2) is 0 Å². The number of hydrogen-bond donors (Lipinski definition) is 1. The molecule has 1 aliphatic rings. The Morgan fingerprint density at radius 3 is 2.19 bits per heavy atom. The molecule has 0 unspecified atom stereocenters. The quantitative estimate of drug-likeness (QED) is 0.243. The fourth-order valence-electron chi connectivity index (χ4n) is 3.34. The molecular formula is C21H15F6N3O5S. The van der Waals surface area contributed by atoms with Crippen molar-refractivity contribution in [3.8, 4) is 0 Å². The van der Waals surface area contributed by atoms with Crippen LogP contribution in [0.15, 0.2) is 36.4 Å². The highest BCUT2D eigenvalue weighted by Gasteiger charge is 2.41. The third-order valence-electron chi connectivity index (χ3n) is 5.04. The van der Waals surface area contributed by atoms with Gasteiger partial charge in [-0.2, -0.15) is 26.3 Å². The molecular weight excluding hydrogens is 520 g/mol. The van der Waals surface area contributed by atoms with Gasteiger partial charge in [0.2, 0.25) is 17.7 Å². The molecule has 3 rings (SSSR count). The molecule has 1 heterocycles. The Bertz CT molecular complexity index is 1220. The topological polar surface area (TPSA) is 110 Å². The van der Waals surface area contributed by atoms with Gasteiger partial charge in [0, 0.05) is 23.7 Å². The van der Waals surface area contributed by atoms with E-state index in [0.29, 0.717) is 29.5 Å². The molecule has 0 saturated carbocycles. The summed E-state index contributed by atoms with van der Waals surface area (Å²) >= 11 is 0.652. The van der Waals surface area contributed by atoms with E-state index in [1.165, 1.54) is 19.1 Å². The van der Waals surface area contributed by atoms with E-state index in [2.05, 4.69) is 0 Å². The van der Waals surface area contributed by atoms with Crippen molar-refractivity contribution in [3.05, 3.63) is 63.2 Å². The van der Waals surface area contributed by atoms with Gasteiger partial charge in [-0.3, -0.25) is 24.5 Å². The lowest BCUT2D eigenvalue weighted by atomic mass is 10.1. The van der Waals surface area contributed by atoms with Gasteiger partial charge in [0.25, 0.3) is 5.69 Å². The highest BCUT2D eigenvalue weighted by Crippen LogP contribution is 2.38. The number of anilines is 2. The number of nitro groups is 1. The first-order valence-electron chi connectivity index (χ1n) is 9.90. The summed E-state index contributed by atoms with van der Waals surface area (Å²) in [7, 11) is 0. The summed E-state index contributed by atoms with van der Waals surface area (Å²) in [6, 6.07) is 4.34. The predicted molar refractivity (Wildman–Crippen MR) is 116 cm³/mol. The van der Waals surface area contributed by atoms with Crippen molar-refractivity contribution in [1.82, 2.24) is 0 Å². The number of aryl methyl sites for hydroxylation is 1. The highest BCUT2D eigenvalue weighted by molar-refractivity contribution is 8.01. The summed E-state index contributed by atoms with van der Waals surface area (Å²) in [6.45, 7) is 1.47. The van der Waals surface area contributed by atoms with E-state index in [0.717, 1.165) is 11.0 Å². The molecule has 0 bridgehead atoms. The minimum absolute atomic E-state index is 0.0431. The van der Waals surface area contributed by atoms with Crippen LogP contribution in [0.3, 0.4) is 0 Å². The second kappa shape index (κ2) is 9.79. The monoisotopic (exact) mass is 535 g/mol. The molecule has 2 aromatic rings. The van der Waals surface area contributed by atoms with Gasteiger partial charge in [-0.15, -0.1) is 11.8 Å². The third-order valence-corrected chi connectivity index (χ3v) is 6.24. The van der Waals surface area contributed by atoms with Crippen LogP contribution in [-0.2, 0) is 26.7 Å². The predicted octanol–water partition coefficient (Wildman–Crippen LogP) is 4.94. The Balaban J connectivity index is 1.71. The maximum atomic E-state index is 13.0. The number of rotatable bonds is 6. The second-order valence-corrected chi connectivity index (χ2v) is 8.83. The SMILES string of the molecule is Cc1ccc(N2C(=O)C[C@H](SCC(=O)Nc3cc(C(F)(F)F)cc(C(F)(F)F)c3)C2=O)cc1[N+](=O)[O-]. The van der Waals surface area contributed by atoms with Gasteiger partial charge >= 0.3 is 12.4 Å². The van der Waals surface area contributed by atoms with E-state index < -0.39 is 62.8 Å². The van der Waals surface area contributed by atoms with Crippen LogP contribution in [0.25, 0.3) is 0 Å². The van der Waals surface area contributed by atoms with Crippen molar-refractivity contribution in [3.63, 3.8) is 0 Å². The molecule has 1 aliphatic heterocycles. The number of nitro benzene ring substituents is 1. The van der Waals surface area contributed by atoms with Crippen molar-refractivity contribution in [2.24, 2.45) is 0 Å². The summed E-state index contributed by atoms with van der Waals surface area (Å²) in [4.78, 5) is 48.5. The molecule has 1 atom stereocenters. The van der Waals surface area contributed by atoms with Crippen LogP contribution < -0.4 is 10.2 Å². The lowest BCUT2D eigenvalue weighted by Gasteiger charge is -2.16. The molecule has 15 heteroatoms. The number of nitrogens with one attached hydrogen (secondary N) is 1. The second-order valence-electron chi connectivity index (χ2n) is 7.64. The van der Waals surface area contributed by atoms with Crippen molar-refractivity contribution >= 4 is 46.5 Å².